The molecule has 5 nitrogen and oxygen atoms in total. The van der Waals surface area contributed by atoms with Crippen LogP contribution in [0.15, 0.2) is 41.5 Å². The molecular formula is C19H23N3O2S. The Hall–Kier alpha value is -2.08. The summed E-state index contributed by atoms with van der Waals surface area (Å²) in [6, 6.07) is 8.63. The van der Waals surface area contributed by atoms with Gasteiger partial charge in [-0.3, -0.25) is 9.59 Å². The van der Waals surface area contributed by atoms with Gasteiger partial charge in [-0.2, -0.15) is 11.8 Å². The van der Waals surface area contributed by atoms with Crippen molar-refractivity contribution in [3.63, 3.8) is 0 Å². The molecule has 0 unspecified atom stereocenters. The van der Waals surface area contributed by atoms with E-state index in [2.05, 4.69) is 15.3 Å². The number of rotatable bonds is 6. The lowest BCUT2D eigenvalue weighted by atomic mass is 10.0. The fraction of sp³-hybridized carbons (Fsp3) is 0.421. The molecule has 1 saturated carbocycles. The average Bonchev–Trinajstić information content (AvgIpc) is 2.66. The lowest BCUT2D eigenvalue weighted by Crippen LogP contribution is -2.26. The van der Waals surface area contributed by atoms with E-state index in [0.717, 1.165) is 16.6 Å². The molecular weight excluding hydrogens is 334 g/mol. The van der Waals surface area contributed by atoms with Gasteiger partial charge in [0.1, 0.15) is 0 Å². The number of hydrogen-bond acceptors (Lipinski definition) is 4. The van der Waals surface area contributed by atoms with Crippen molar-refractivity contribution in [1.82, 2.24) is 15.3 Å². The van der Waals surface area contributed by atoms with E-state index >= 15 is 0 Å². The monoisotopic (exact) mass is 357 g/mol. The SMILES string of the molecule is O=C(NCCSC1CCCCC1)c1cccc(-c2cc(=O)[nH]cn2)c1. The first-order valence-corrected chi connectivity index (χ1v) is 9.82. The summed E-state index contributed by atoms with van der Waals surface area (Å²) in [5.74, 6) is 0.863. The molecule has 1 aromatic heterocycles. The zero-order chi connectivity index (χ0) is 17.5. The topological polar surface area (TPSA) is 74.8 Å². The van der Waals surface area contributed by atoms with Crippen molar-refractivity contribution in [2.75, 3.05) is 12.3 Å². The molecule has 132 valence electrons. The van der Waals surface area contributed by atoms with Gasteiger partial charge in [-0.15, -0.1) is 0 Å². The van der Waals surface area contributed by atoms with Crippen LogP contribution in [0.1, 0.15) is 42.5 Å². The standard InChI is InChI=1S/C19H23N3O2S/c23-18-12-17(21-13-22-18)14-5-4-6-15(11-14)19(24)20-9-10-25-16-7-2-1-3-8-16/h4-6,11-13,16H,1-3,7-10H2,(H,20,24)(H,21,22,23). The maximum Gasteiger partial charge on any atom is 0.251 e. The molecule has 3 rings (SSSR count). The average molecular weight is 357 g/mol. The zero-order valence-corrected chi connectivity index (χ0v) is 15.0. The number of hydrogen-bond donors (Lipinski definition) is 2. The maximum absolute atomic E-state index is 12.3. The predicted molar refractivity (Wildman–Crippen MR) is 102 cm³/mol. The zero-order valence-electron chi connectivity index (χ0n) is 14.2. The normalized spacial score (nSPS) is 15.0. The molecule has 0 radical (unpaired) electrons. The van der Waals surface area contributed by atoms with Crippen LogP contribution in [-0.4, -0.2) is 33.4 Å². The van der Waals surface area contributed by atoms with E-state index in [9.17, 15) is 9.59 Å². The van der Waals surface area contributed by atoms with Gasteiger partial charge >= 0.3 is 0 Å². The van der Waals surface area contributed by atoms with Crippen molar-refractivity contribution in [3.8, 4) is 11.3 Å². The molecule has 0 saturated heterocycles. The minimum absolute atomic E-state index is 0.0871. The van der Waals surface area contributed by atoms with Crippen LogP contribution in [0.25, 0.3) is 11.3 Å². The van der Waals surface area contributed by atoms with E-state index in [1.807, 2.05) is 23.9 Å². The fourth-order valence-corrected chi connectivity index (χ4v) is 4.29. The van der Waals surface area contributed by atoms with Crippen molar-refractivity contribution in [1.29, 1.82) is 0 Å². The molecule has 0 atom stereocenters. The van der Waals surface area contributed by atoms with Crippen molar-refractivity contribution in [3.05, 3.63) is 52.6 Å². The summed E-state index contributed by atoms with van der Waals surface area (Å²) in [7, 11) is 0. The van der Waals surface area contributed by atoms with Crippen LogP contribution in [0.2, 0.25) is 0 Å². The number of benzene rings is 1. The number of carbonyl (C=O) groups is 1. The molecule has 25 heavy (non-hydrogen) atoms. The quantitative estimate of drug-likeness (QED) is 0.779. The third-order valence-electron chi connectivity index (χ3n) is 4.39. The molecule has 1 aliphatic rings. The Morgan fingerprint density at radius 1 is 1.24 bits per heavy atom. The van der Waals surface area contributed by atoms with Crippen LogP contribution < -0.4 is 10.9 Å². The number of H-pyrrole nitrogens is 1. The summed E-state index contributed by atoms with van der Waals surface area (Å²) in [6.07, 6.45) is 8.03. The lowest BCUT2D eigenvalue weighted by molar-refractivity contribution is 0.0956. The van der Waals surface area contributed by atoms with Gasteiger partial charge in [0, 0.05) is 34.7 Å². The number of nitrogens with zero attached hydrogens (tertiary/aromatic N) is 1. The van der Waals surface area contributed by atoms with Crippen molar-refractivity contribution >= 4 is 17.7 Å². The first-order valence-electron chi connectivity index (χ1n) is 8.77. The van der Waals surface area contributed by atoms with Crippen LogP contribution >= 0.6 is 11.8 Å². The summed E-state index contributed by atoms with van der Waals surface area (Å²) in [6.45, 7) is 0.674. The molecule has 2 aromatic rings. The highest BCUT2D eigenvalue weighted by molar-refractivity contribution is 7.99. The van der Waals surface area contributed by atoms with Crippen LogP contribution in [-0.2, 0) is 0 Å². The fourth-order valence-electron chi connectivity index (χ4n) is 3.07. The van der Waals surface area contributed by atoms with Crippen LogP contribution in [0.4, 0.5) is 0 Å². The van der Waals surface area contributed by atoms with E-state index in [1.54, 1.807) is 12.1 Å². The Bertz CT molecular complexity index is 769. The van der Waals surface area contributed by atoms with Crippen molar-refractivity contribution in [2.45, 2.75) is 37.4 Å². The van der Waals surface area contributed by atoms with Crippen LogP contribution in [0.3, 0.4) is 0 Å². The Morgan fingerprint density at radius 2 is 2.08 bits per heavy atom. The third-order valence-corrected chi connectivity index (χ3v) is 5.77. The first-order chi connectivity index (χ1) is 12.2. The minimum Gasteiger partial charge on any atom is -0.351 e. The molecule has 0 bridgehead atoms. The second kappa shape index (κ2) is 8.85. The predicted octanol–water partition coefficient (Wildman–Crippen LogP) is 3.23. The molecule has 1 amide bonds. The van der Waals surface area contributed by atoms with Gasteiger partial charge in [0.05, 0.1) is 12.0 Å². The number of carbonyl (C=O) groups excluding carboxylic acids is 1. The summed E-state index contributed by atoms with van der Waals surface area (Å²) in [5, 5.41) is 3.74. The second-order valence-corrected chi connectivity index (χ2v) is 7.67. The minimum atomic E-state index is -0.209. The Balaban J connectivity index is 1.53. The van der Waals surface area contributed by atoms with Gasteiger partial charge in [-0.05, 0) is 25.0 Å². The summed E-state index contributed by atoms with van der Waals surface area (Å²) < 4.78 is 0. The number of thioether (sulfide) groups is 1. The molecule has 6 heteroatoms. The first kappa shape index (κ1) is 17.7. The van der Waals surface area contributed by atoms with Crippen molar-refractivity contribution in [2.24, 2.45) is 0 Å². The number of aromatic amines is 1. The van der Waals surface area contributed by atoms with Gasteiger partial charge in [0.25, 0.3) is 11.5 Å². The van der Waals surface area contributed by atoms with E-state index in [-0.39, 0.29) is 11.5 Å². The smallest absolute Gasteiger partial charge is 0.251 e. The summed E-state index contributed by atoms with van der Waals surface area (Å²) >= 11 is 1.97. The Kier molecular flexibility index (Phi) is 6.28. The number of nitrogens with one attached hydrogen (secondary N) is 2. The van der Waals surface area contributed by atoms with E-state index in [1.165, 1.54) is 44.5 Å². The Labute approximate surface area is 151 Å². The molecule has 2 N–H and O–H groups in total. The summed E-state index contributed by atoms with van der Waals surface area (Å²) in [4.78, 5) is 30.4. The van der Waals surface area contributed by atoms with Gasteiger partial charge < -0.3 is 10.3 Å². The van der Waals surface area contributed by atoms with E-state index in [0.29, 0.717) is 17.8 Å². The maximum atomic E-state index is 12.3. The highest BCUT2D eigenvalue weighted by Crippen LogP contribution is 2.27. The molecule has 1 aliphatic carbocycles. The third kappa shape index (κ3) is 5.19. The highest BCUT2D eigenvalue weighted by Gasteiger charge is 2.13. The van der Waals surface area contributed by atoms with E-state index in [4.69, 9.17) is 0 Å². The Morgan fingerprint density at radius 3 is 2.88 bits per heavy atom. The number of aromatic nitrogens is 2. The summed E-state index contributed by atoms with van der Waals surface area (Å²) in [5.41, 5.74) is 1.70. The molecule has 1 aromatic carbocycles. The largest absolute Gasteiger partial charge is 0.351 e. The van der Waals surface area contributed by atoms with Crippen LogP contribution in [0.5, 0.6) is 0 Å². The second-order valence-electron chi connectivity index (χ2n) is 6.26. The molecule has 0 spiro atoms. The van der Waals surface area contributed by atoms with Gasteiger partial charge in [0.15, 0.2) is 0 Å². The van der Waals surface area contributed by atoms with Crippen molar-refractivity contribution < 1.29 is 4.79 Å². The van der Waals surface area contributed by atoms with Crippen LogP contribution in [0, 0.1) is 0 Å². The van der Waals surface area contributed by atoms with Gasteiger partial charge in [0.2, 0.25) is 0 Å². The highest BCUT2D eigenvalue weighted by atomic mass is 32.2. The molecule has 1 heterocycles. The number of amides is 1. The lowest BCUT2D eigenvalue weighted by Gasteiger charge is -2.20. The van der Waals surface area contributed by atoms with Gasteiger partial charge in [-0.25, -0.2) is 4.98 Å². The molecule has 1 fully saturated rings. The van der Waals surface area contributed by atoms with Gasteiger partial charge in [-0.1, -0.05) is 31.4 Å². The van der Waals surface area contributed by atoms with E-state index < -0.39 is 0 Å². The molecule has 0 aliphatic heterocycles.